The maximum absolute atomic E-state index is 13.8. The summed E-state index contributed by atoms with van der Waals surface area (Å²) in [6.07, 6.45) is 0.819. The molecule has 3 fully saturated rings. The van der Waals surface area contributed by atoms with Gasteiger partial charge in [-0.1, -0.05) is 35.1 Å². The first kappa shape index (κ1) is 25.9. The molecule has 2 aliphatic heterocycles. The summed E-state index contributed by atoms with van der Waals surface area (Å²) in [6.45, 7) is 1.86. The lowest BCUT2D eigenvalue weighted by Crippen LogP contribution is -2.42. The number of ether oxygens (including phenoxy) is 2. The van der Waals surface area contributed by atoms with Crippen molar-refractivity contribution in [1.82, 2.24) is 4.98 Å². The van der Waals surface area contributed by atoms with Crippen molar-refractivity contribution in [2.24, 2.45) is 29.6 Å². The van der Waals surface area contributed by atoms with Gasteiger partial charge < -0.3 is 14.5 Å². The molecule has 1 aromatic heterocycles. The second-order valence-electron chi connectivity index (χ2n) is 10.6. The molecule has 11 heteroatoms. The fraction of sp³-hybridized carbons (Fsp3) is 0.379. The van der Waals surface area contributed by atoms with E-state index >= 15 is 0 Å². The molecule has 6 unspecified atom stereocenters. The molecule has 0 spiro atoms. The van der Waals surface area contributed by atoms with Crippen molar-refractivity contribution in [2.45, 2.75) is 29.5 Å². The zero-order valence-corrected chi connectivity index (χ0v) is 23.8. The molecule has 7 atom stereocenters. The van der Waals surface area contributed by atoms with E-state index in [1.807, 2.05) is 24.3 Å². The minimum absolute atomic E-state index is 0.0244. The van der Waals surface area contributed by atoms with Crippen molar-refractivity contribution in [2.75, 3.05) is 18.1 Å². The van der Waals surface area contributed by atoms with Gasteiger partial charge in [-0.2, -0.15) is 0 Å². The predicted molar refractivity (Wildman–Crippen MR) is 151 cm³/mol. The number of nitrogens with zero attached hydrogens (tertiary/aromatic N) is 1. The number of carbonyl (C=O) groups excluding carboxylic acids is 3. The summed E-state index contributed by atoms with van der Waals surface area (Å²) in [5, 5.41) is 1.51. The van der Waals surface area contributed by atoms with E-state index in [4.69, 9.17) is 21.1 Å². The Morgan fingerprint density at radius 1 is 1.02 bits per heavy atom. The number of esters is 1. The van der Waals surface area contributed by atoms with Crippen molar-refractivity contribution >= 4 is 58.2 Å². The van der Waals surface area contributed by atoms with Crippen LogP contribution >= 0.6 is 34.7 Å². The highest BCUT2D eigenvalue weighted by Crippen LogP contribution is 2.68. The number of aromatic nitrogens is 1. The standard InChI is InChI=1S/C29H25ClN2O6S2/c1-2-37-19(33)12-38-16-9-3-13(4-10-16)20-21-17-11-18(24(21)39-26-25(20)40-29(36)31-26)23-22(17)27(34)32(28(23)35)15-7-5-14(30)6-8-15/h3-10,17-18,20-24H,2,11-12H2,1H3,(H,31,36)/t17?,18?,20-,21?,22?,23?,24?/m1/s1. The number of hydrogen-bond acceptors (Lipinski definition) is 8. The molecule has 3 heterocycles. The number of carbonyl (C=O) groups is 3. The van der Waals surface area contributed by atoms with Gasteiger partial charge >= 0.3 is 10.8 Å². The topological polar surface area (TPSA) is 106 Å². The van der Waals surface area contributed by atoms with Gasteiger partial charge in [-0.3, -0.25) is 19.3 Å². The maximum atomic E-state index is 13.8. The van der Waals surface area contributed by atoms with E-state index in [2.05, 4.69) is 4.98 Å². The van der Waals surface area contributed by atoms with Crippen LogP contribution in [0.4, 0.5) is 5.69 Å². The van der Waals surface area contributed by atoms with E-state index in [9.17, 15) is 19.2 Å². The van der Waals surface area contributed by atoms with Crippen LogP contribution in [0, 0.1) is 29.6 Å². The number of fused-ring (bicyclic) bond motifs is 9. The van der Waals surface area contributed by atoms with Gasteiger partial charge in [-0.15, -0.1) is 11.8 Å². The number of hydrogen-bond donors (Lipinski definition) is 1. The number of amides is 2. The van der Waals surface area contributed by atoms with Crippen LogP contribution in [0.3, 0.4) is 0 Å². The van der Waals surface area contributed by atoms with Crippen LogP contribution in [0.5, 0.6) is 5.75 Å². The third kappa shape index (κ3) is 3.94. The minimum atomic E-state index is -0.430. The third-order valence-corrected chi connectivity index (χ3v) is 11.6. The first-order chi connectivity index (χ1) is 19.4. The van der Waals surface area contributed by atoms with Gasteiger partial charge in [-0.25, -0.2) is 4.79 Å². The summed E-state index contributed by atoms with van der Waals surface area (Å²) in [5.74, 6) is -0.798. The van der Waals surface area contributed by atoms with Crippen molar-refractivity contribution in [3.8, 4) is 5.75 Å². The summed E-state index contributed by atoms with van der Waals surface area (Å²) in [6, 6.07) is 14.4. The Kier molecular flexibility index (Phi) is 6.32. The second-order valence-corrected chi connectivity index (χ2v) is 13.3. The molecule has 40 heavy (non-hydrogen) atoms. The van der Waals surface area contributed by atoms with E-state index in [0.29, 0.717) is 23.1 Å². The Labute approximate surface area is 243 Å². The fourth-order valence-electron chi connectivity index (χ4n) is 7.35. The second kappa shape index (κ2) is 9.78. The highest BCUT2D eigenvalue weighted by Gasteiger charge is 2.69. The van der Waals surface area contributed by atoms with Gasteiger partial charge in [0.05, 0.1) is 29.2 Å². The molecule has 0 radical (unpaired) electrons. The molecule has 1 saturated heterocycles. The zero-order valence-electron chi connectivity index (χ0n) is 21.4. The largest absolute Gasteiger partial charge is 0.482 e. The number of H-pyrrole nitrogens is 1. The van der Waals surface area contributed by atoms with Gasteiger partial charge in [0.1, 0.15) is 5.75 Å². The first-order valence-corrected chi connectivity index (χ1v) is 15.3. The number of benzene rings is 2. The number of rotatable bonds is 6. The normalized spacial score (nSPS) is 29.8. The summed E-state index contributed by atoms with van der Waals surface area (Å²) < 4.78 is 10.5. The highest BCUT2D eigenvalue weighted by molar-refractivity contribution is 8.00. The summed E-state index contributed by atoms with van der Waals surface area (Å²) in [5.41, 5.74) is 1.58. The van der Waals surface area contributed by atoms with Gasteiger partial charge in [0.25, 0.3) is 0 Å². The van der Waals surface area contributed by atoms with Crippen LogP contribution in [-0.4, -0.2) is 41.2 Å². The maximum Gasteiger partial charge on any atom is 0.344 e. The predicted octanol–water partition coefficient (Wildman–Crippen LogP) is 4.71. The van der Waals surface area contributed by atoms with Gasteiger partial charge in [0.2, 0.25) is 11.8 Å². The Morgan fingerprint density at radius 3 is 2.42 bits per heavy atom. The summed E-state index contributed by atoms with van der Waals surface area (Å²) >= 11 is 8.93. The van der Waals surface area contributed by atoms with Crippen LogP contribution in [0.1, 0.15) is 29.7 Å². The van der Waals surface area contributed by atoms with E-state index in [0.717, 1.165) is 21.9 Å². The van der Waals surface area contributed by atoms with E-state index in [1.54, 1.807) is 43.0 Å². The highest BCUT2D eigenvalue weighted by atomic mass is 35.5. The van der Waals surface area contributed by atoms with E-state index < -0.39 is 5.97 Å². The average molecular weight is 597 g/mol. The number of halogens is 1. The van der Waals surface area contributed by atoms with Gasteiger partial charge in [-0.05, 0) is 73.1 Å². The minimum Gasteiger partial charge on any atom is -0.482 e. The molecule has 2 saturated carbocycles. The average Bonchev–Trinajstić information content (AvgIpc) is 3.67. The first-order valence-electron chi connectivity index (χ1n) is 13.3. The molecule has 2 bridgehead atoms. The molecule has 8 nitrogen and oxygen atoms in total. The molecule has 1 N–H and O–H groups in total. The van der Waals surface area contributed by atoms with Gasteiger partial charge in [0.15, 0.2) is 6.61 Å². The Bertz CT molecular complexity index is 1570. The third-order valence-electron chi connectivity index (χ3n) is 8.71. The lowest BCUT2D eigenvalue weighted by molar-refractivity contribution is -0.145. The number of thiazole rings is 1. The zero-order chi connectivity index (χ0) is 27.7. The smallest absolute Gasteiger partial charge is 0.344 e. The van der Waals surface area contributed by atoms with E-state index in [-0.39, 0.29) is 64.1 Å². The number of imide groups is 1. The molecular formula is C29H25ClN2O6S2. The van der Waals surface area contributed by atoms with Crippen LogP contribution < -0.4 is 14.5 Å². The Balaban J connectivity index is 1.22. The monoisotopic (exact) mass is 596 g/mol. The van der Waals surface area contributed by atoms with Crippen LogP contribution in [0.2, 0.25) is 5.02 Å². The molecule has 2 amide bonds. The number of anilines is 1. The van der Waals surface area contributed by atoms with Crippen molar-refractivity contribution in [3.05, 3.63) is 73.7 Å². The van der Waals surface area contributed by atoms with Crippen molar-refractivity contribution < 1.29 is 23.9 Å². The lowest BCUT2D eigenvalue weighted by Gasteiger charge is -2.43. The van der Waals surface area contributed by atoms with E-state index in [1.165, 1.54) is 16.2 Å². The molecule has 3 aromatic rings. The Morgan fingerprint density at radius 2 is 1.73 bits per heavy atom. The number of aromatic amines is 1. The molecular weight excluding hydrogens is 572 g/mol. The number of thioether (sulfide) groups is 1. The molecule has 7 rings (SSSR count). The fourth-order valence-corrected chi connectivity index (χ4v) is 10.4. The van der Waals surface area contributed by atoms with Crippen molar-refractivity contribution in [3.63, 3.8) is 0 Å². The van der Waals surface area contributed by atoms with Crippen LogP contribution in [-0.2, 0) is 19.1 Å². The lowest BCUT2D eigenvalue weighted by atomic mass is 9.68. The quantitative estimate of drug-likeness (QED) is 0.324. The van der Waals surface area contributed by atoms with Crippen molar-refractivity contribution in [1.29, 1.82) is 0 Å². The molecule has 2 aromatic carbocycles. The van der Waals surface area contributed by atoms with Gasteiger partial charge in [0, 0.05) is 21.1 Å². The summed E-state index contributed by atoms with van der Waals surface area (Å²) in [7, 11) is 0. The molecule has 2 aliphatic carbocycles. The van der Waals surface area contributed by atoms with Crippen LogP contribution in [0.15, 0.2) is 58.4 Å². The SMILES string of the molecule is CCOC(=O)COc1ccc([C@H]2c3sc(=O)[nH]c3SC3C4CC(C5C(=O)N(c6ccc(Cl)cc6)C(=O)C45)C32)cc1. The Hall–Kier alpha value is -3.08. The van der Waals surface area contributed by atoms with Crippen LogP contribution in [0.25, 0.3) is 0 Å². The number of nitrogens with one attached hydrogen (secondary N) is 1. The summed E-state index contributed by atoms with van der Waals surface area (Å²) in [4.78, 5) is 56.9. The molecule has 4 aliphatic rings. The molecule has 206 valence electrons.